The predicted molar refractivity (Wildman–Crippen MR) is 336 cm³/mol. The van der Waals surface area contributed by atoms with E-state index in [2.05, 4.69) is 31.9 Å². The molecule has 0 aliphatic heterocycles. The average molecular weight is 1290 g/mol. The van der Waals surface area contributed by atoms with E-state index >= 15 is 0 Å². The Hall–Kier alpha value is -2.94. The number of aromatic nitrogens is 6. The number of hydrogen-bond acceptors (Lipinski definition) is 24. The van der Waals surface area contributed by atoms with Crippen LogP contribution in [0.1, 0.15) is 0 Å². The van der Waals surface area contributed by atoms with E-state index in [9.17, 15) is 28.8 Å². The summed E-state index contributed by atoms with van der Waals surface area (Å²) in [5.74, 6) is 1.45. The Morgan fingerprint density at radius 2 is 0.474 bits per heavy atom. The van der Waals surface area contributed by atoms with Crippen LogP contribution in [0.5, 0.6) is 0 Å². The average Bonchev–Trinajstić information content (AvgIpc) is 3.39. The monoisotopic (exact) mass is 1290 g/mol. The summed E-state index contributed by atoms with van der Waals surface area (Å²) in [4.78, 5) is 86.1. The van der Waals surface area contributed by atoms with Crippen LogP contribution in [-0.4, -0.2) is 197 Å². The van der Waals surface area contributed by atoms with Gasteiger partial charge in [0.25, 0.3) is 31.0 Å². The fourth-order valence-electron chi connectivity index (χ4n) is 6.52. The second-order valence-electron chi connectivity index (χ2n) is 15.4. The van der Waals surface area contributed by atoms with Crippen LogP contribution in [0.2, 0.25) is 0 Å². The molecule has 2 rings (SSSR count). The van der Waals surface area contributed by atoms with Gasteiger partial charge in [0.2, 0.25) is 0 Å². The number of hydrogen-bond donors (Lipinski definition) is 6. The largest absolute Gasteiger partial charge is 0.465 e. The fraction of sp³-hybridized carbons (Fsp3) is 0.700. The molecule has 76 heavy (non-hydrogen) atoms. The lowest BCUT2D eigenvalue weighted by Crippen LogP contribution is -2.58. The lowest BCUT2D eigenvalue weighted by atomic mass is 10.3. The molecule has 0 aliphatic carbocycles. The maximum Gasteiger partial charge on any atom is 0.336 e. The molecule has 2 heterocycles. The SMILES string of the molecule is CNC(=S)OC(CSC)Cn1c(=O)n(CC(CSC)OC(=S)NC)c(=O)n(CC(CSSCC(Cn2c(=O)n(CC(CSC)OC(=S)NC)c(=O)n(CC(CSC)OC(=S)NC)c2=O)OC(=S)NC)OC(=S)NC)c1=O. The van der Waals surface area contributed by atoms with E-state index in [-0.39, 0.29) is 81.8 Å². The highest BCUT2D eigenvalue weighted by Gasteiger charge is 2.28. The van der Waals surface area contributed by atoms with Crippen molar-refractivity contribution in [1.82, 2.24) is 59.3 Å². The number of thioether (sulfide) groups is 4. The van der Waals surface area contributed by atoms with Crippen LogP contribution in [0.4, 0.5) is 0 Å². The zero-order valence-corrected chi connectivity index (χ0v) is 53.2. The lowest BCUT2D eigenvalue weighted by Gasteiger charge is -2.25. The molecule has 430 valence electrons. The summed E-state index contributed by atoms with van der Waals surface area (Å²) in [6.07, 6.45) is 2.27. The molecule has 0 bridgehead atoms. The Kier molecular flexibility index (Phi) is 33.7. The van der Waals surface area contributed by atoms with Crippen molar-refractivity contribution < 1.29 is 28.4 Å². The second kappa shape index (κ2) is 37.1. The number of thiocarbonyl (C=S) groups is 6. The number of rotatable bonds is 31. The highest BCUT2D eigenvalue weighted by atomic mass is 33.1. The number of ether oxygens (including phenoxy) is 6. The van der Waals surface area contributed by atoms with Gasteiger partial charge in [-0.1, -0.05) is 21.6 Å². The van der Waals surface area contributed by atoms with Gasteiger partial charge in [0.1, 0.15) is 36.6 Å². The van der Waals surface area contributed by atoms with Gasteiger partial charge in [-0.3, -0.25) is 0 Å². The van der Waals surface area contributed by atoms with Crippen molar-refractivity contribution in [3.05, 3.63) is 62.9 Å². The predicted octanol–water partition coefficient (Wildman–Crippen LogP) is -0.473. The minimum absolute atomic E-state index is 0.0411. The van der Waals surface area contributed by atoms with Crippen molar-refractivity contribution in [3.63, 3.8) is 0 Å². The van der Waals surface area contributed by atoms with Gasteiger partial charge >= 0.3 is 34.1 Å². The second-order valence-corrected chi connectivity index (χ2v) is 23.8. The van der Waals surface area contributed by atoms with Crippen LogP contribution in [0.3, 0.4) is 0 Å². The third kappa shape index (κ3) is 22.7. The van der Waals surface area contributed by atoms with Gasteiger partial charge in [-0.15, -0.1) is 0 Å². The maximum atomic E-state index is 14.4. The summed E-state index contributed by atoms with van der Waals surface area (Å²) in [5.41, 5.74) is -5.57. The van der Waals surface area contributed by atoms with Crippen molar-refractivity contribution in [1.29, 1.82) is 0 Å². The molecule has 0 aliphatic rings. The Morgan fingerprint density at radius 3 is 0.605 bits per heavy atom. The zero-order chi connectivity index (χ0) is 57.1. The Bertz CT molecular complexity index is 2320. The molecule has 0 saturated heterocycles. The van der Waals surface area contributed by atoms with Crippen molar-refractivity contribution in [2.24, 2.45) is 0 Å². The fourth-order valence-corrected chi connectivity index (χ4v) is 11.8. The van der Waals surface area contributed by atoms with Crippen LogP contribution >= 0.6 is 142 Å². The molecule has 36 heteroatoms. The van der Waals surface area contributed by atoms with Crippen molar-refractivity contribution in [3.8, 4) is 0 Å². The third-order valence-electron chi connectivity index (χ3n) is 9.96. The molecule has 0 spiro atoms. The Morgan fingerprint density at radius 1 is 0.329 bits per heavy atom. The van der Waals surface area contributed by atoms with Gasteiger partial charge in [-0.05, 0) is 98.3 Å². The Labute approximate surface area is 497 Å². The third-order valence-corrected chi connectivity index (χ3v) is 17.1. The molecule has 0 amide bonds. The van der Waals surface area contributed by atoms with Gasteiger partial charge in [-0.2, -0.15) is 47.0 Å². The van der Waals surface area contributed by atoms with Crippen LogP contribution in [0.15, 0.2) is 28.8 Å². The topological polar surface area (TPSA) is 260 Å². The molecule has 0 radical (unpaired) electrons. The van der Waals surface area contributed by atoms with Gasteiger partial charge in [0, 0.05) is 76.8 Å². The van der Waals surface area contributed by atoms with Gasteiger partial charge < -0.3 is 60.3 Å². The van der Waals surface area contributed by atoms with Gasteiger partial charge in [0.05, 0.1) is 39.3 Å². The van der Waals surface area contributed by atoms with Crippen molar-refractivity contribution >= 4 is 173 Å². The zero-order valence-electron chi connectivity index (χ0n) is 43.4. The summed E-state index contributed by atoms with van der Waals surface area (Å²) in [5, 5.41) is 16.5. The standard InChI is InChI=1S/C40H66N12O12S12/c1-41-29(65)59-23(17-71-7)11-47-35(53)48(12-24(18-72-8)60-30(66)42-2)38(56)51(37(47)55)15-27(63-33(69)45-5)21-75-76-22-28(64-34(70)46-6)16-52-39(57)49(13-25(19-73-9)61-31(67)43-3)36(54)50(40(52)58)14-26(20-74-10)62-32(68)44-4/h23-28H,11-22H2,1-10H3,(H,41,65)(H,42,66)(H,43,67)(H,44,68)(H,45,69)(H,46,70). The van der Waals surface area contributed by atoms with Crippen LogP contribution in [-0.2, 0) is 67.7 Å². The highest BCUT2D eigenvalue weighted by molar-refractivity contribution is 8.76. The smallest absolute Gasteiger partial charge is 0.336 e. The summed E-state index contributed by atoms with van der Waals surface area (Å²) in [7, 11) is 11.8. The van der Waals surface area contributed by atoms with E-state index in [0.29, 0.717) is 23.0 Å². The first-order chi connectivity index (χ1) is 36.2. The summed E-state index contributed by atoms with van der Waals surface area (Å²) in [6.45, 7) is -1.88. The molecule has 6 atom stereocenters. The summed E-state index contributed by atoms with van der Waals surface area (Å²) < 4.78 is 41.0. The van der Waals surface area contributed by atoms with Crippen molar-refractivity contribution in [2.45, 2.75) is 75.9 Å². The van der Waals surface area contributed by atoms with E-state index in [0.717, 1.165) is 27.4 Å². The molecule has 2 aromatic heterocycles. The molecule has 6 N–H and O–H groups in total. The van der Waals surface area contributed by atoms with E-state index < -0.39 is 70.8 Å². The first kappa shape index (κ1) is 69.2. The molecule has 0 aromatic carbocycles. The minimum atomic E-state index is -0.983. The molecule has 2 aromatic rings. The molecule has 0 saturated carbocycles. The van der Waals surface area contributed by atoms with E-state index in [1.807, 2.05) is 25.0 Å². The molecule has 24 nitrogen and oxygen atoms in total. The lowest BCUT2D eigenvalue weighted by molar-refractivity contribution is 0.160. The van der Waals surface area contributed by atoms with Crippen LogP contribution in [0.25, 0.3) is 0 Å². The minimum Gasteiger partial charge on any atom is -0.465 e. The van der Waals surface area contributed by atoms with Gasteiger partial charge in [0.15, 0.2) is 0 Å². The first-order valence-corrected chi connectivity index (χ1v) is 33.1. The molecule has 0 fully saturated rings. The molecular weight excluding hydrogens is 1230 g/mol. The summed E-state index contributed by atoms with van der Waals surface area (Å²) in [6, 6.07) is 0. The molecular formula is C40H66N12O12S12. The van der Waals surface area contributed by atoms with E-state index in [4.69, 9.17) is 102 Å². The van der Waals surface area contributed by atoms with Gasteiger partial charge in [-0.25, -0.2) is 56.2 Å². The normalized spacial score (nSPS) is 13.3. The van der Waals surface area contributed by atoms with Crippen LogP contribution in [0, 0.1) is 0 Å². The first-order valence-electron chi connectivity index (χ1n) is 22.6. The number of nitrogens with one attached hydrogen (secondary N) is 6. The molecule has 6 unspecified atom stereocenters. The highest BCUT2D eigenvalue weighted by Crippen LogP contribution is 2.25. The Balaban J connectivity index is 2.74. The quantitative estimate of drug-likeness (QED) is 0.0317. The van der Waals surface area contributed by atoms with Crippen molar-refractivity contribution in [2.75, 3.05) is 102 Å². The number of nitrogens with zero attached hydrogens (tertiary/aromatic N) is 6. The maximum absolute atomic E-state index is 14.4. The van der Waals surface area contributed by atoms with E-state index in [1.54, 1.807) is 28.2 Å². The van der Waals surface area contributed by atoms with E-state index in [1.165, 1.54) is 82.7 Å². The summed E-state index contributed by atoms with van der Waals surface area (Å²) >= 11 is 37.4. The van der Waals surface area contributed by atoms with Crippen LogP contribution < -0.4 is 66.0 Å².